The van der Waals surface area contributed by atoms with Crippen LogP contribution in [0.15, 0.2) is 33.0 Å². The Morgan fingerprint density at radius 2 is 2.37 bits per heavy atom. The van der Waals surface area contributed by atoms with Gasteiger partial charge in [-0.2, -0.15) is 5.10 Å². The number of thiazole rings is 1. The molecule has 0 unspecified atom stereocenters. The van der Waals surface area contributed by atoms with Crippen LogP contribution in [0, 0.1) is 0 Å². The second-order valence-corrected chi connectivity index (χ2v) is 5.75. The minimum Gasteiger partial charge on any atom is -0.327 e. The third-order valence-corrected chi connectivity index (χ3v) is 3.65. The molecular formula is C9H10BrClFN5OS. The molecule has 0 bridgehead atoms. The van der Waals surface area contributed by atoms with Crippen LogP contribution in [0.1, 0.15) is 0 Å². The van der Waals surface area contributed by atoms with Gasteiger partial charge in [0.05, 0.1) is 22.9 Å². The molecule has 19 heavy (non-hydrogen) atoms. The summed E-state index contributed by atoms with van der Waals surface area (Å²) in [6.07, 6.45) is 3.34. The minimum absolute atomic E-state index is 0. The van der Waals surface area contributed by atoms with Gasteiger partial charge in [0.15, 0.2) is 5.13 Å². The summed E-state index contributed by atoms with van der Waals surface area (Å²) in [6.45, 7) is 0.0734. The Morgan fingerprint density at radius 3 is 2.89 bits per heavy atom. The van der Waals surface area contributed by atoms with Crippen molar-refractivity contribution >= 4 is 39.7 Å². The molecule has 0 aromatic carbocycles. The molecule has 2 aromatic rings. The Bertz CT molecular complexity index is 637. The monoisotopic (exact) mass is 369 g/mol. The molecular weight excluding hydrogens is 361 g/mol. The van der Waals surface area contributed by atoms with E-state index in [9.17, 15) is 9.18 Å². The topological polar surface area (TPSA) is 78.7 Å². The van der Waals surface area contributed by atoms with Gasteiger partial charge in [0.25, 0.3) is 0 Å². The maximum atomic E-state index is 12.4. The van der Waals surface area contributed by atoms with Gasteiger partial charge in [0, 0.05) is 6.54 Å². The third kappa shape index (κ3) is 3.50. The van der Waals surface area contributed by atoms with Crippen molar-refractivity contribution in [2.75, 3.05) is 6.54 Å². The average Bonchev–Trinajstić information content (AvgIpc) is 2.93. The van der Waals surface area contributed by atoms with E-state index in [1.807, 2.05) is 0 Å². The highest BCUT2D eigenvalue weighted by molar-refractivity contribution is 9.11. The number of nitrogens with two attached hydrogens (primary N) is 1. The van der Waals surface area contributed by atoms with Crippen LogP contribution in [0.25, 0.3) is 5.13 Å². The summed E-state index contributed by atoms with van der Waals surface area (Å²) in [4.78, 5) is 16.0. The molecule has 2 heterocycles. The van der Waals surface area contributed by atoms with Crippen molar-refractivity contribution in [1.29, 1.82) is 0 Å². The normalized spacial score (nSPS) is 11.4. The van der Waals surface area contributed by atoms with Crippen LogP contribution in [-0.4, -0.2) is 25.9 Å². The minimum atomic E-state index is -0.385. The molecule has 10 heteroatoms. The maximum Gasteiger partial charge on any atom is 0.352 e. The van der Waals surface area contributed by atoms with Crippen molar-refractivity contribution in [3.05, 3.63) is 38.7 Å². The van der Waals surface area contributed by atoms with Crippen LogP contribution >= 0.6 is 39.7 Å². The first-order valence-corrected chi connectivity index (χ1v) is 6.51. The molecule has 6 nitrogen and oxygen atoms in total. The maximum absolute atomic E-state index is 12.4. The summed E-state index contributed by atoms with van der Waals surface area (Å²) in [7, 11) is 0. The summed E-state index contributed by atoms with van der Waals surface area (Å²) >= 11 is 4.56. The summed E-state index contributed by atoms with van der Waals surface area (Å²) in [5.41, 5.74) is 5.24. The number of nitrogens with zero attached hydrogens (tertiary/aromatic N) is 4. The molecule has 0 radical (unpaired) electrons. The predicted molar refractivity (Wildman–Crippen MR) is 76.7 cm³/mol. The highest BCUT2D eigenvalue weighted by Gasteiger charge is 2.10. The Hall–Kier alpha value is -1.03. The second kappa shape index (κ2) is 6.94. The highest BCUT2D eigenvalue weighted by Crippen LogP contribution is 2.20. The summed E-state index contributed by atoms with van der Waals surface area (Å²) < 4.78 is 15.6. The fourth-order valence-electron chi connectivity index (χ4n) is 1.27. The van der Waals surface area contributed by atoms with Crippen molar-refractivity contribution < 1.29 is 4.39 Å². The van der Waals surface area contributed by atoms with Gasteiger partial charge in [-0.15, -0.1) is 12.4 Å². The van der Waals surface area contributed by atoms with E-state index in [4.69, 9.17) is 5.73 Å². The van der Waals surface area contributed by atoms with Gasteiger partial charge in [-0.1, -0.05) is 11.3 Å². The van der Waals surface area contributed by atoms with Gasteiger partial charge < -0.3 is 5.73 Å². The molecule has 0 saturated carbocycles. The van der Waals surface area contributed by atoms with Gasteiger partial charge >= 0.3 is 5.69 Å². The van der Waals surface area contributed by atoms with Crippen molar-refractivity contribution in [3.63, 3.8) is 0 Å². The van der Waals surface area contributed by atoms with Crippen LogP contribution in [0.4, 0.5) is 4.39 Å². The lowest BCUT2D eigenvalue weighted by atomic mass is 10.3. The Morgan fingerprint density at radius 1 is 1.63 bits per heavy atom. The number of rotatable bonds is 4. The molecule has 0 aliphatic rings. The lowest BCUT2D eigenvalue weighted by Gasteiger charge is -2.00. The van der Waals surface area contributed by atoms with Crippen LogP contribution < -0.4 is 11.4 Å². The SMILES string of the molecule is Cl.NC/C(=C/F)Cn1ncn(-c2ncc(Br)s2)c1=O. The quantitative estimate of drug-likeness (QED) is 0.884. The molecule has 2 aromatic heterocycles. The third-order valence-electron chi connectivity index (χ3n) is 2.17. The average molecular weight is 371 g/mol. The van der Waals surface area contributed by atoms with Crippen molar-refractivity contribution in [2.45, 2.75) is 6.54 Å². The first kappa shape index (κ1) is 16.0. The smallest absolute Gasteiger partial charge is 0.327 e. The molecule has 0 aliphatic carbocycles. The molecule has 104 valence electrons. The van der Waals surface area contributed by atoms with E-state index in [1.54, 1.807) is 6.20 Å². The first-order chi connectivity index (χ1) is 8.65. The van der Waals surface area contributed by atoms with E-state index in [1.165, 1.54) is 22.2 Å². The first-order valence-electron chi connectivity index (χ1n) is 4.90. The predicted octanol–water partition coefficient (Wildman–Crippen LogP) is 1.49. The molecule has 2 rings (SSSR count). The largest absolute Gasteiger partial charge is 0.352 e. The van der Waals surface area contributed by atoms with Crippen LogP contribution in [0.3, 0.4) is 0 Å². The molecule has 0 aliphatic heterocycles. The summed E-state index contributed by atoms with van der Waals surface area (Å²) in [5.74, 6) is 0. The Labute approximate surface area is 126 Å². The summed E-state index contributed by atoms with van der Waals surface area (Å²) in [5, 5.41) is 4.39. The van der Waals surface area contributed by atoms with Gasteiger partial charge in [0.2, 0.25) is 0 Å². The van der Waals surface area contributed by atoms with E-state index in [-0.39, 0.29) is 31.2 Å². The standard InChI is InChI=1S/C9H9BrFN5OS.ClH/c10-7-3-13-8(18-7)15-5-14-16(9(15)17)4-6(1-11)2-12;/h1,3,5H,2,4,12H2;1H/b6-1-;. The Balaban J connectivity index is 0.00000180. The molecule has 0 fully saturated rings. The summed E-state index contributed by atoms with van der Waals surface area (Å²) in [6, 6.07) is 0. The van der Waals surface area contributed by atoms with Crippen molar-refractivity contribution in [3.8, 4) is 5.13 Å². The van der Waals surface area contributed by atoms with E-state index in [0.717, 1.165) is 8.47 Å². The molecule has 0 saturated heterocycles. The zero-order chi connectivity index (χ0) is 13.1. The van der Waals surface area contributed by atoms with E-state index in [2.05, 4.69) is 26.0 Å². The highest BCUT2D eigenvalue weighted by atomic mass is 79.9. The second-order valence-electron chi connectivity index (χ2n) is 3.36. The molecule has 0 atom stereocenters. The number of hydrogen-bond acceptors (Lipinski definition) is 5. The van der Waals surface area contributed by atoms with E-state index in [0.29, 0.717) is 17.0 Å². The molecule has 0 spiro atoms. The molecule has 0 amide bonds. The number of hydrogen-bond donors (Lipinski definition) is 1. The number of aromatic nitrogens is 4. The lowest BCUT2D eigenvalue weighted by Crippen LogP contribution is -2.25. The van der Waals surface area contributed by atoms with Gasteiger partial charge in [-0.3, -0.25) is 0 Å². The van der Waals surface area contributed by atoms with Gasteiger partial charge in [-0.25, -0.2) is 23.4 Å². The van der Waals surface area contributed by atoms with Crippen LogP contribution in [0.5, 0.6) is 0 Å². The van der Waals surface area contributed by atoms with Crippen molar-refractivity contribution in [1.82, 2.24) is 19.3 Å². The number of halogens is 3. The van der Waals surface area contributed by atoms with Crippen molar-refractivity contribution in [2.24, 2.45) is 5.73 Å². The zero-order valence-corrected chi connectivity index (χ0v) is 12.7. The fourth-order valence-corrected chi connectivity index (χ4v) is 2.42. The van der Waals surface area contributed by atoms with E-state index >= 15 is 0 Å². The Kier molecular flexibility index (Phi) is 5.85. The lowest BCUT2D eigenvalue weighted by molar-refractivity contribution is 0.612. The van der Waals surface area contributed by atoms with Crippen LogP contribution in [-0.2, 0) is 6.54 Å². The zero-order valence-electron chi connectivity index (χ0n) is 9.49. The van der Waals surface area contributed by atoms with Gasteiger partial charge in [0.1, 0.15) is 6.33 Å². The van der Waals surface area contributed by atoms with Gasteiger partial charge in [-0.05, 0) is 21.5 Å². The van der Waals surface area contributed by atoms with E-state index < -0.39 is 0 Å². The molecule has 2 N–H and O–H groups in total. The fraction of sp³-hybridized carbons (Fsp3) is 0.222. The van der Waals surface area contributed by atoms with Crippen LogP contribution in [0.2, 0.25) is 0 Å².